The van der Waals surface area contributed by atoms with E-state index in [1.807, 2.05) is 12.1 Å². The number of rotatable bonds is 2. The first kappa shape index (κ1) is 14.0. The van der Waals surface area contributed by atoms with Gasteiger partial charge in [0.15, 0.2) is 0 Å². The van der Waals surface area contributed by atoms with Crippen molar-refractivity contribution in [2.75, 3.05) is 13.1 Å². The van der Waals surface area contributed by atoms with Crippen LogP contribution in [-0.4, -0.2) is 29.6 Å². The zero-order valence-electron chi connectivity index (χ0n) is 12.4. The highest BCUT2D eigenvalue weighted by atomic mass is 19.1. The third-order valence-electron chi connectivity index (χ3n) is 4.99. The molecular weight excluding hydrogens is 251 g/mol. The van der Waals surface area contributed by atoms with E-state index in [1.54, 1.807) is 6.07 Å². The van der Waals surface area contributed by atoms with Crippen molar-refractivity contribution < 1.29 is 4.39 Å². The quantitative estimate of drug-likeness (QED) is 0.891. The summed E-state index contributed by atoms with van der Waals surface area (Å²) in [7, 11) is 0. The minimum atomic E-state index is -0.122. The van der Waals surface area contributed by atoms with Gasteiger partial charge in [-0.25, -0.2) is 4.39 Å². The van der Waals surface area contributed by atoms with Crippen molar-refractivity contribution in [2.24, 2.45) is 0 Å². The van der Waals surface area contributed by atoms with Gasteiger partial charge in [0.1, 0.15) is 5.82 Å². The predicted octanol–water partition coefficient (Wildman–Crippen LogP) is 3.32. The van der Waals surface area contributed by atoms with Crippen molar-refractivity contribution in [3.05, 3.63) is 35.6 Å². The Bertz CT molecular complexity index is 454. The molecule has 1 heterocycles. The van der Waals surface area contributed by atoms with Crippen LogP contribution >= 0.6 is 0 Å². The first-order valence-corrected chi connectivity index (χ1v) is 7.91. The molecule has 0 radical (unpaired) electrons. The van der Waals surface area contributed by atoms with Gasteiger partial charge in [-0.3, -0.25) is 4.90 Å². The van der Waals surface area contributed by atoms with Gasteiger partial charge in [0.2, 0.25) is 0 Å². The molecule has 0 amide bonds. The van der Waals surface area contributed by atoms with Gasteiger partial charge in [0.25, 0.3) is 0 Å². The van der Waals surface area contributed by atoms with E-state index < -0.39 is 0 Å². The first-order chi connectivity index (χ1) is 9.68. The molecule has 1 aliphatic heterocycles. The molecule has 1 saturated heterocycles. The van der Waals surface area contributed by atoms with Crippen LogP contribution < -0.4 is 5.32 Å². The number of hydrogen-bond donors (Lipinski definition) is 1. The zero-order valence-corrected chi connectivity index (χ0v) is 12.4. The highest BCUT2D eigenvalue weighted by molar-refractivity contribution is 5.17. The SMILES string of the molecule is CC1CN(Cc2cccc(F)c2)C2(CCCCC2)CN1. The molecule has 1 atom stereocenters. The predicted molar refractivity (Wildman–Crippen MR) is 80.1 cm³/mol. The number of nitrogens with zero attached hydrogens (tertiary/aromatic N) is 1. The van der Waals surface area contributed by atoms with Crippen molar-refractivity contribution in [3.8, 4) is 0 Å². The number of halogens is 1. The second kappa shape index (κ2) is 5.82. The Balaban J connectivity index is 1.79. The molecule has 2 fully saturated rings. The molecule has 1 saturated carbocycles. The van der Waals surface area contributed by atoms with E-state index in [0.717, 1.165) is 25.2 Å². The average molecular weight is 276 g/mol. The van der Waals surface area contributed by atoms with E-state index in [0.29, 0.717) is 11.6 Å². The number of benzene rings is 1. The molecule has 1 unspecified atom stereocenters. The van der Waals surface area contributed by atoms with Crippen LogP contribution in [-0.2, 0) is 6.54 Å². The van der Waals surface area contributed by atoms with Crippen molar-refractivity contribution >= 4 is 0 Å². The topological polar surface area (TPSA) is 15.3 Å². The number of hydrogen-bond acceptors (Lipinski definition) is 2. The molecule has 1 aromatic carbocycles. The fourth-order valence-corrected chi connectivity index (χ4v) is 3.86. The van der Waals surface area contributed by atoms with E-state index >= 15 is 0 Å². The fraction of sp³-hybridized carbons (Fsp3) is 0.647. The average Bonchev–Trinajstić information content (AvgIpc) is 2.45. The summed E-state index contributed by atoms with van der Waals surface area (Å²) in [6.45, 7) is 5.28. The van der Waals surface area contributed by atoms with Crippen molar-refractivity contribution in [2.45, 2.75) is 57.2 Å². The third-order valence-corrected chi connectivity index (χ3v) is 4.99. The molecule has 110 valence electrons. The molecular formula is C17H25FN2. The monoisotopic (exact) mass is 276 g/mol. The Kier molecular flexibility index (Phi) is 4.08. The Morgan fingerprint density at radius 2 is 2.10 bits per heavy atom. The van der Waals surface area contributed by atoms with E-state index in [1.165, 1.54) is 38.2 Å². The summed E-state index contributed by atoms with van der Waals surface area (Å²) in [6, 6.07) is 7.61. The summed E-state index contributed by atoms with van der Waals surface area (Å²) in [5, 5.41) is 3.65. The van der Waals surface area contributed by atoms with E-state index in [-0.39, 0.29) is 5.82 Å². The molecule has 20 heavy (non-hydrogen) atoms. The number of piperazine rings is 1. The summed E-state index contributed by atoms with van der Waals surface area (Å²) < 4.78 is 13.4. The first-order valence-electron chi connectivity index (χ1n) is 7.91. The third kappa shape index (κ3) is 2.89. The van der Waals surface area contributed by atoms with Crippen LogP contribution in [0.1, 0.15) is 44.6 Å². The minimum Gasteiger partial charge on any atom is -0.311 e. The second-order valence-corrected chi connectivity index (χ2v) is 6.58. The lowest BCUT2D eigenvalue weighted by Crippen LogP contribution is -2.64. The maximum atomic E-state index is 13.4. The van der Waals surface area contributed by atoms with Crippen LogP contribution in [0.3, 0.4) is 0 Å². The maximum absolute atomic E-state index is 13.4. The van der Waals surface area contributed by atoms with Crippen LogP contribution in [0.4, 0.5) is 4.39 Å². The molecule has 3 rings (SSSR count). The Morgan fingerprint density at radius 3 is 2.85 bits per heavy atom. The van der Waals surface area contributed by atoms with Gasteiger partial charge in [0.05, 0.1) is 0 Å². The van der Waals surface area contributed by atoms with Gasteiger partial charge in [-0.05, 0) is 37.5 Å². The van der Waals surface area contributed by atoms with E-state index in [2.05, 4.69) is 17.1 Å². The molecule has 1 aliphatic carbocycles. The van der Waals surface area contributed by atoms with Crippen LogP contribution in [0.25, 0.3) is 0 Å². The Morgan fingerprint density at radius 1 is 1.30 bits per heavy atom. The van der Waals surface area contributed by atoms with Crippen molar-refractivity contribution in [3.63, 3.8) is 0 Å². The maximum Gasteiger partial charge on any atom is 0.123 e. The van der Waals surface area contributed by atoms with Crippen LogP contribution in [0, 0.1) is 5.82 Å². The standard InChI is InChI=1S/C17H25FN2/c1-14-11-20(12-15-6-5-7-16(18)10-15)17(13-19-14)8-3-2-4-9-17/h5-7,10,14,19H,2-4,8-9,11-13H2,1H3. The normalized spacial score (nSPS) is 26.8. The second-order valence-electron chi connectivity index (χ2n) is 6.58. The van der Waals surface area contributed by atoms with Gasteiger partial charge >= 0.3 is 0 Å². The lowest BCUT2D eigenvalue weighted by atomic mass is 9.78. The summed E-state index contributed by atoms with van der Waals surface area (Å²) >= 11 is 0. The highest BCUT2D eigenvalue weighted by Gasteiger charge is 2.41. The molecule has 3 heteroatoms. The molecule has 1 aromatic rings. The molecule has 2 aliphatic rings. The molecule has 1 N–H and O–H groups in total. The Labute approximate surface area is 121 Å². The minimum absolute atomic E-state index is 0.122. The summed E-state index contributed by atoms with van der Waals surface area (Å²) in [6.07, 6.45) is 6.58. The molecule has 1 spiro atoms. The summed E-state index contributed by atoms with van der Waals surface area (Å²) in [5.41, 5.74) is 1.40. The highest BCUT2D eigenvalue weighted by Crippen LogP contribution is 2.36. The lowest BCUT2D eigenvalue weighted by molar-refractivity contribution is 0.00612. The zero-order chi connectivity index (χ0) is 14.0. The Hall–Kier alpha value is -0.930. The van der Waals surface area contributed by atoms with Crippen molar-refractivity contribution in [1.29, 1.82) is 0 Å². The molecule has 0 bridgehead atoms. The van der Waals surface area contributed by atoms with Crippen LogP contribution in [0.5, 0.6) is 0 Å². The largest absolute Gasteiger partial charge is 0.311 e. The van der Waals surface area contributed by atoms with Crippen LogP contribution in [0.2, 0.25) is 0 Å². The fourth-order valence-electron chi connectivity index (χ4n) is 3.86. The van der Waals surface area contributed by atoms with Crippen LogP contribution in [0.15, 0.2) is 24.3 Å². The molecule has 0 aromatic heterocycles. The smallest absolute Gasteiger partial charge is 0.123 e. The van der Waals surface area contributed by atoms with Crippen molar-refractivity contribution in [1.82, 2.24) is 10.2 Å². The lowest BCUT2D eigenvalue weighted by Gasteiger charge is -2.51. The number of nitrogens with one attached hydrogen (secondary N) is 1. The van der Waals surface area contributed by atoms with Gasteiger partial charge in [-0.2, -0.15) is 0 Å². The van der Waals surface area contributed by atoms with Gasteiger partial charge in [-0.1, -0.05) is 31.4 Å². The summed E-state index contributed by atoms with van der Waals surface area (Å²) in [4.78, 5) is 2.61. The van der Waals surface area contributed by atoms with Gasteiger partial charge in [0, 0.05) is 31.2 Å². The van der Waals surface area contributed by atoms with Gasteiger partial charge in [-0.15, -0.1) is 0 Å². The van der Waals surface area contributed by atoms with Gasteiger partial charge < -0.3 is 5.32 Å². The van der Waals surface area contributed by atoms with E-state index in [4.69, 9.17) is 0 Å². The van der Waals surface area contributed by atoms with E-state index in [9.17, 15) is 4.39 Å². The molecule has 2 nitrogen and oxygen atoms in total. The summed E-state index contributed by atoms with van der Waals surface area (Å²) in [5.74, 6) is -0.122.